The van der Waals surface area contributed by atoms with Crippen LogP contribution < -0.4 is 5.73 Å². The normalized spacial score (nSPS) is 9.28. The van der Waals surface area contributed by atoms with Crippen LogP contribution in [0.15, 0.2) is 55.1 Å². The van der Waals surface area contributed by atoms with Crippen molar-refractivity contribution in [2.24, 2.45) is 5.73 Å². The van der Waals surface area contributed by atoms with Gasteiger partial charge in [0.2, 0.25) is 0 Å². The molecule has 0 radical (unpaired) electrons. The highest BCUT2D eigenvalue weighted by atomic mass is 14.5. The molecule has 2 N–H and O–H groups in total. The van der Waals surface area contributed by atoms with Crippen LogP contribution in [-0.2, 0) is 6.54 Å². The van der Waals surface area contributed by atoms with Crippen molar-refractivity contribution in [1.29, 1.82) is 0 Å². The lowest BCUT2D eigenvalue weighted by Gasteiger charge is -1.95. The van der Waals surface area contributed by atoms with Gasteiger partial charge in [-0.25, -0.2) is 0 Å². The van der Waals surface area contributed by atoms with E-state index in [4.69, 9.17) is 5.73 Å². The molecule has 0 bridgehead atoms. The molecule has 2 aromatic rings. The van der Waals surface area contributed by atoms with E-state index < -0.39 is 0 Å². The summed E-state index contributed by atoms with van der Waals surface area (Å²) in [6.45, 7) is 8.45. The summed E-state index contributed by atoms with van der Waals surface area (Å²) in [7, 11) is 0. The smallest absolute Gasteiger partial charge is 0.0178 e. The van der Waals surface area contributed by atoms with Gasteiger partial charge >= 0.3 is 0 Å². The van der Waals surface area contributed by atoms with Crippen LogP contribution in [0.5, 0.6) is 0 Å². The zero-order valence-electron chi connectivity index (χ0n) is 11.2. The molecule has 0 amide bonds. The Morgan fingerprint density at radius 3 is 2.11 bits per heavy atom. The average molecular weight is 239 g/mol. The molecule has 0 saturated carbocycles. The van der Waals surface area contributed by atoms with Crippen molar-refractivity contribution < 1.29 is 0 Å². The van der Waals surface area contributed by atoms with E-state index in [9.17, 15) is 0 Å². The lowest BCUT2D eigenvalue weighted by atomic mass is 10.1. The fourth-order valence-corrected chi connectivity index (χ4v) is 1.54. The Bertz CT molecular complexity index is 483. The molecule has 0 saturated heterocycles. The molecule has 2 rings (SSSR count). The Hall–Kier alpha value is -1.86. The molecule has 0 unspecified atom stereocenters. The van der Waals surface area contributed by atoms with Crippen LogP contribution in [0.1, 0.15) is 22.3 Å². The van der Waals surface area contributed by atoms with Crippen LogP contribution >= 0.6 is 0 Å². The summed E-state index contributed by atoms with van der Waals surface area (Å²) in [5, 5.41) is 0. The Morgan fingerprint density at radius 2 is 1.67 bits per heavy atom. The number of hydrogen-bond donors (Lipinski definition) is 1. The van der Waals surface area contributed by atoms with Crippen molar-refractivity contribution in [2.45, 2.75) is 20.4 Å². The quantitative estimate of drug-likeness (QED) is 0.839. The molecule has 0 aromatic heterocycles. The third-order valence-electron chi connectivity index (χ3n) is 2.63. The summed E-state index contributed by atoms with van der Waals surface area (Å²) in [5.41, 5.74) is 10.4. The predicted octanol–water partition coefficient (Wildman–Crippen LogP) is 4.09. The zero-order chi connectivity index (χ0) is 13.4. The molecule has 94 valence electrons. The highest BCUT2D eigenvalue weighted by Gasteiger charge is 1.86. The number of aryl methyl sites for hydroxylation is 2. The van der Waals surface area contributed by atoms with Crippen molar-refractivity contribution in [3.8, 4) is 0 Å². The van der Waals surface area contributed by atoms with Crippen molar-refractivity contribution in [3.63, 3.8) is 0 Å². The lowest BCUT2D eigenvalue weighted by Crippen LogP contribution is -1.95. The summed E-state index contributed by atoms with van der Waals surface area (Å²) < 4.78 is 0. The van der Waals surface area contributed by atoms with Gasteiger partial charge in [-0.3, -0.25) is 0 Å². The zero-order valence-corrected chi connectivity index (χ0v) is 11.2. The predicted molar refractivity (Wildman–Crippen MR) is 80.3 cm³/mol. The molecule has 1 nitrogen and oxygen atoms in total. The molecule has 2 aromatic carbocycles. The second-order valence-corrected chi connectivity index (χ2v) is 4.31. The SMILES string of the molecule is C=Cc1ccc(C)cc1.Cc1cccc(CN)c1. The maximum atomic E-state index is 5.42. The van der Waals surface area contributed by atoms with Crippen LogP contribution in [0.25, 0.3) is 6.08 Å². The summed E-state index contributed by atoms with van der Waals surface area (Å²) in [6.07, 6.45) is 1.85. The Morgan fingerprint density at radius 1 is 1.00 bits per heavy atom. The van der Waals surface area contributed by atoms with Gasteiger partial charge in [0.15, 0.2) is 0 Å². The van der Waals surface area contributed by atoms with Gasteiger partial charge in [-0.15, -0.1) is 0 Å². The third-order valence-corrected chi connectivity index (χ3v) is 2.63. The summed E-state index contributed by atoms with van der Waals surface area (Å²) in [6, 6.07) is 16.5. The fraction of sp³-hybridized carbons (Fsp3) is 0.176. The van der Waals surface area contributed by atoms with Gasteiger partial charge in [-0.2, -0.15) is 0 Å². The Labute approximate surface area is 110 Å². The van der Waals surface area contributed by atoms with E-state index in [2.05, 4.69) is 56.8 Å². The van der Waals surface area contributed by atoms with Crippen molar-refractivity contribution in [3.05, 3.63) is 77.4 Å². The maximum absolute atomic E-state index is 5.42. The number of hydrogen-bond acceptors (Lipinski definition) is 1. The third kappa shape index (κ3) is 4.98. The van der Waals surface area contributed by atoms with E-state index in [-0.39, 0.29) is 0 Å². The maximum Gasteiger partial charge on any atom is 0.0178 e. The van der Waals surface area contributed by atoms with E-state index in [1.165, 1.54) is 22.3 Å². The van der Waals surface area contributed by atoms with Crippen molar-refractivity contribution >= 4 is 6.08 Å². The van der Waals surface area contributed by atoms with Crippen LogP contribution in [0.4, 0.5) is 0 Å². The minimum Gasteiger partial charge on any atom is -0.326 e. The molecule has 0 aliphatic heterocycles. The molecule has 0 aliphatic rings. The van der Waals surface area contributed by atoms with Crippen LogP contribution in [0.3, 0.4) is 0 Å². The highest BCUT2D eigenvalue weighted by Crippen LogP contribution is 2.03. The average Bonchev–Trinajstić information content (AvgIpc) is 2.40. The first-order valence-corrected chi connectivity index (χ1v) is 6.10. The van der Waals surface area contributed by atoms with Crippen LogP contribution in [-0.4, -0.2) is 0 Å². The van der Waals surface area contributed by atoms with Gasteiger partial charge < -0.3 is 5.73 Å². The summed E-state index contributed by atoms with van der Waals surface area (Å²) in [4.78, 5) is 0. The van der Waals surface area contributed by atoms with E-state index >= 15 is 0 Å². The van der Waals surface area contributed by atoms with Gasteiger partial charge in [-0.05, 0) is 25.0 Å². The van der Waals surface area contributed by atoms with E-state index in [0.717, 1.165) is 0 Å². The fourth-order valence-electron chi connectivity index (χ4n) is 1.54. The summed E-state index contributed by atoms with van der Waals surface area (Å²) >= 11 is 0. The monoisotopic (exact) mass is 239 g/mol. The van der Waals surface area contributed by atoms with Gasteiger partial charge in [0.1, 0.15) is 0 Å². The van der Waals surface area contributed by atoms with E-state index in [1.807, 2.05) is 18.2 Å². The van der Waals surface area contributed by atoms with Gasteiger partial charge in [-0.1, -0.05) is 72.3 Å². The number of nitrogens with two attached hydrogens (primary N) is 1. The van der Waals surface area contributed by atoms with Gasteiger partial charge in [0.05, 0.1) is 0 Å². The molecular formula is C17H21N. The Balaban J connectivity index is 0.000000180. The standard InChI is InChI=1S/C9H10.C8H11N/c1-3-9-6-4-8(2)5-7-9;1-7-3-2-4-8(5-7)6-9/h3-7H,1H2,2H3;2-5H,6,9H2,1H3. The Kier molecular flexibility index (Phi) is 5.89. The second kappa shape index (κ2) is 7.46. The lowest BCUT2D eigenvalue weighted by molar-refractivity contribution is 1.07. The first-order chi connectivity index (χ1) is 8.65. The van der Waals surface area contributed by atoms with E-state index in [0.29, 0.717) is 6.54 Å². The molecular weight excluding hydrogens is 218 g/mol. The summed E-state index contributed by atoms with van der Waals surface area (Å²) in [5.74, 6) is 0. The minimum atomic E-state index is 0.641. The van der Waals surface area contributed by atoms with Gasteiger partial charge in [0.25, 0.3) is 0 Å². The van der Waals surface area contributed by atoms with Gasteiger partial charge in [0, 0.05) is 6.54 Å². The topological polar surface area (TPSA) is 26.0 Å². The number of rotatable bonds is 2. The molecule has 18 heavy (non-hydrogen) atoms. The first-order valence-electron chi connectivity index (χ1n) is 6.10. The second-order valence-electron chi connectivity index (χ2n) is 4.31. The highest BCUT2D eigenvalue weighted by molar-refractivity contribution is 5.46. The number of benzene rings is 2. The molecule has 0 atom stereocenters. The molecule has 1 heteroatoms. The van der Waals surface area contributed by atoms with Crippen LogP contribution in [0, 0.1) is 13.8 Å². The van der Waals surface area contributed by atoms with Crippen molar-refractivity contribution in [1.82, 2.24) is 0 Å². The minimum absolute atomic E-state index is 0.641. The first kappa shape index (κ1) is 14.2. The molecule has 0 heterocycles. The van der Waals surface area contributed by atoms with Crippen molar-refractivity contribution in [2.75, 3.05) is 0 Å². The molecule has 0 spiro atoms. The molecule has 0 fully saturated rings. The van der Waals surface area contributed by atoms with Crippen LogP contribution in [0.2, 0.25) is 0 Å². The van der Waals surface area contributed by atoms with E-state index in [1.54, 1.807) is 0 Å². The largest absolute Gasteiger partial charge is 0.326 e. The molecule has 0 aliphatic carbocycles.